The van der Waals surface area contributed by atoms with Crippen LogP contribution in [0, 0.1) is 6.92 Å². The standard InChI is InChI=1S/C21H29N5O/c1-17-16-20(25-10-4-3-5-11-25)23-21(22-17)26-14-12-24(13-15-26)18-6-8-19(27-2)9-7-18/h6-9,16H,3-5,10-15H2,1-2H3. The van der Waals surface area contributed by atoms with E-state index >= 15 is 0 Å². The van der Waals surface area contributed by atoms with Gasteiger partial charge in [-0.25, -0.2) is 4.98 Å². The van der Waals surface area contributed by atoms with E-state index in [1.165, 1.54) is 24.9 Å². The molecular weight excluding hydrogens is 338 g/mol. The number of hydrogen-bond acceptors (Lipinski definition) is 6. The number of aryl methyl sites for hydroxylation is 1. The molecule has 0 unspecified atom stereocenters. The van der Waals surface area contributed by atoms with Gasteiger partial charge in [0.1, 0.15) is 11.6 Å². The molecule has 2 aliphatic rings. The van der Waals surface area contributed by atoms with Crippen molar-refractivity contribution in [3.8, 4) is 5.75 Å². The first-order valence-corrected chi connectivity index (χ1v) is 9.97. The Balaban J connectivity index is 1.43. The van der Waals surface area contributed by atoms with E-state index in [0.29, 0.717) is 0 Å². The first-order valence-electron chi connectivity index (χ1n) is 9.97. The van der Waals surface area contributed by atoms with Gasteiger partial charge in [0, 0.05) is 56.7 Å². The fraction of sp³-hybridized carbons (Fsp3) is 0.524. The van der Waals surface area contributed by atoms with E-state index in [-0.39, 0.29) is 0 Å². The molecule has 2 aromatic rings. The number of rotatable bonds is 4. The fourth-order valence-electron chi connectivity index (χ4n) is 3.92. The monoisotopic (exact) mass is 367 g/mol. The highest BCUT2D eigenvalue weighted by Crippen LogP contribution is 2.24. The van der Waals surface area contributed by atoms with Gasteiger partial charge in [-0.2, -0.15) is 4.98 Å². The molecule has 27 heavy (non-hydrogen) atoms. The van der Waals surface area contributed by atoms with Crippen LogP contribution in [0.2, 0.25) is 0 Å². The third kappa shape index (κ3) is 4.10. The number of ether oxygens (including phenoxy) is 1. The van der Waals surface area contributed by atoms with E-state index in [1.54, 1.807) is 7.11 Å². The molecule has 6 nitrogen and oxygen atoms in total. The van der Waals surface area contributed by atoms with E-state index in [9.17, 15) is 0 Å². The smallest absolute Gasteiger partial charge is 0.227 e. The van der Waals surface area contributed by atoms with E-state index < -0.39 is 0 Å². The van der Waals surface area contributed by atoms with Crippen molar-refractivity contribution < 1.29 is 4.74 Å². The highest BCUT2D eigenvalue weighted by Gasteiger charge is 2.21. The highest BCUT2D eigenvalue weighted by molar-refractivity contribution is 5.52. The van der Waals surface area contributed by atoms with Gasteiger partial charge in [-0.15, -0.1) is 0 Å². The molecule has 0 aliphatic carbocycles. The van der Waals surface area contributed by atoms with Crippen LogP contribution in [0.25, 0.3) is 0 Å². The van der Waals surface area contributed by atoms with E-state index in [2.05, 4.69) is 39.8 Å². The highest BCUT2D eigenvalue weighted by atomic mass is 16.5. The van der Waals surface area contributed by atoms with E-state index in [1.807, 2.05) is 12.1 Å². The minimum absolute atomic E-state index is 0.880. The van der Waals surface area contributed by atoms with Crippen LogP contribution in [0.5, 0.6) is 5.75 Å². The Morgan fingerprint density at radius 3 is 2.11 bits per heavy atom. The third-order valence-corrected chi connectivity index (χ3v) is 5.51. The number of aromatic nitrogens is 2. The average Bonchev–Trinajstić information content (AvgIpc) is 2.74. The first kappa shape index (κ1) is 17.9. The molecule has 0 atom stereocenters. The van der Waals surface area contributed by atoms with Crippen LogP contribution in [0.4, 0.5) is 17.5 Å². The van der Waals surface area contributed by atoms with Crippen LogP contribution >= 0.6 is 0 Å². The summed E-state index contributed by atoms with van der Waals surface area (Å²) >= 11 is 0. The summed E-state index contributed by atoms with van der Waals surface area (Å²) in [6.45, 7) is 8.13. The molecule has 1 aromatic carbocycles. The maximum Gasteiger partial charge on any atom is 0.227 e. The van der Waals surface area contributed by atoms with Crippen LogP contribution in [0.15, 0.2) is 30.3 Å². The molecule has 2 saturated heterocycles. The van der Waals surface area contributed by atoms with Gasteiger partial charge in [0.05, 0.1) is 7.11 Å². The lowest BCUT2D eigenvalue weighted by Gasteiger charge is -2.36. The van der Waals surface area contributed by atoms with Crippen molar-refractivity contribution in [2.75, 3.05) is 61.1 Å². The van der Waals surface area contributed by atoms with Gasteiger partial charge in [-0.3, -0.25) is 0 Å². The Morgan fingerprint density at radius 1 is 0.778 bits per heavy atom. The number of anilines is 3. The quantitative estimate of drug-likeness (QED) is 0.827. The van der Waals surface area contributed by atoms with Crippen molar-refractivity contribution in [2.45, 2.75) is 26.2 Å². The van der Waals surface area contributed by atoms with Gasteiger partial charge in [0.15, 0.2) is 0 Å². The summed E-state index contributed by atoms with van der Waals surface area (Å²) in [6.07, 6.45) is 3.86. The molecular formula is C21H29N5O. The number of piperidine rings is 1. The second-order valence-electron chi connectivity index (χ2n) is 7.39. The molecule has 0 spiro atoms. The number of benzene rings is 1. The van der Waals surface area contributed by atoms with Gasteiger partial charge in [0.2, 0.25) is 5.95 Å². The fourth-order valence-corrected chi connectivity index (χ4v) is 3.92. The summed E-state index contributed by atoms with van der Waals surface area (Å²) in [7, 11) is 1.70. The Labute approximate surface area is 161 Å². The van der Waals surface area contributed by atoms with E-state index in [4.69, 9.17) is 14.7 Å². The van der Waals surface area contributed by atoms with Crippen LogP contribution in [0.3, 0.4) is 0 Å². The lowest BCUT2D eigenvalue weighted by molar-refractivity contribution is 0.415. The SMILES string of the molecule is COc1ccc(N2CCN(c3nc(C)cc(N4CCCCC4)n3)CC2)cc1. The van der Waals surface area contributed by atoms with Crippen molar-refractivity contribution in [2.24, 2.45) is 0 Å². The van der Waals surface area contributed by atoms with Gasteiger partial charge in [-0.05, 0) is 50.5 Å². The molecule has 144 valence electrons. The molecule has 1 aromatic heterocycles. The summed E-state index contributed by atoms with van der Waals surface area (Å²) < 4.78 is 5.26. The summed E-state index contributed by atoms with van der Waals surface area (Å²) in [4.78, 5) is 16.8. The molecule has 0 N–H and O–H groups in total. The molecule has 2 fully saturated rings. The molecule has 0 radical (unpaired) electrons. The molecule has 0 saturated carbocycles. The number of piperazine rings is 1. The number of methoxy groups -OCH3 is 1. The van der Waals surface area contributed by atoms with Gasteiger partial charge in [0.25, 0.3) is 0 Å². The zero-order valence-electron chi connectivity index (χ0n) is 16.4. The Hall–Kier alpha value is -2.50. The zero-order chi connectivity index (χ0) is 18.6. The maximum absolute atomic E-state index is 5.26. The predicted molar refractivity (Wildman–Crippen MR) is 110 cm³/mol. The van der Waals surface area contributed by atoms with Crippen molar-refractivity contribution in [1.82, 2.24) is 9.97 Å². The Kier molecular flexibility index (Phi) is 5.32. The van der Waals surface area contributed by atoms with Crippen LogP contribution < -0.4 is 19.4 Å². The lowest BCUT2D eigenvalue weighted by atomic mass is 10.1. The Morgan fingerprint density at radius 2 is 1.44 bits per heavy atom. The summed E-state index contributed by atoms with van der Waals surface area (Å²) in [6, 6.07) is 10.4. The third-order valence-electron chi connectivity index (χ3n) is 5.51. The molecule has 0 amide bonds. The minimum atomic E-state index is 0.880. The predicted octanol–water partition coefficient (Wildman–Crippen LogP) is 3.11. The summed E-state index contributed by atoms with van der Waals surface area (Å²) in [5.74, 6) is 2.87. The second kappa shape index (κ2) is 8.03. The number of hydrogen-bond donors (Lipinski definition) is 0. The van der Waals surface area contributed by atoms with Gasteiger partial charge >= 0.3 is 0 Å². The summed E-state index contributed by atoms with van der Waals surface area (Å²) in [5.41, 5.74) is 2.30. The van der Waals surface area contributed by atoms with Crippen LogP contribution in [-0.2, 0) is 0 Å². The molecule has 4 rings (SSSR count). The van der Waals surface area contributed by atoms with E-state index in [0.717, 1.165) is 62.5 Å². The van der Waals surface area contributed by atoms with Crippen molar-refractivity contribution in [3.63, 3.8) is 0 Å². The van der Waals surface area contributed by atoms with Crippen molar-refractivity contribution in [1.29, 1.82) is 0 Å². The van der Waals surface area contributed by atoms with Crippen LogP contribution in [-0.4, -0.2) is 56.3 Å². The average molecular weight is 367 g/mol. The largest absolute Gasteiger partial charge is 0.497 e. The van der Waals surface area contributed by atoms with Gasteiger partial charge < -0.3 is 19.4 Å². The van der Waals surface area contributed by atoms with Crippen molar-refractivity contribution >= 4 is 17.5 Å². The minimum Gasteiger partial charge on any atom is -0.497 e. The second-order valence-corrected chi connectivity index (χ2v) is 7.39. The van der Waals surface area contributed by atoms with Gasteiger partial charge in [-0.1, -0.05) is 0 Å². The Bertz CT molecular complexity index is 750. The summed E-state index contributed by atoms with van der Waals surface area (Å²) in [5, 5.41) is 0. The van der Waals surface area contributed by atoms with Crippen LogP contribution in [0.1, 0.15) is 25.0 Å². The zero-order valence-corrected chi connectivity index (χ0v) is 16.4. The molecule has 2 aliphatic heterocycles. The lowest BCUT2D eigenvalue weighted by Crippen LogP contribution is -2.47. The molecule has 6 heteroatoms. The number of nitrogens with zero attached hydrogens (tertiary/aromatic N) is 5. The first-order chi connectivity index (χ1) is 13.2. The topological polar surface area (TPSA) is 44.7 Å². The molecule has 0 bridgehead atoms. The normalized spacial score (nSPS) is 17.9. The molecule has 3 heterocycles. The van der Waals surface area contributed by atoms with Crippen molar-refractivity contribution in [3.05, 3.63) is 36.0 Å². The maximum atomic E-state index is 5.26.